The SMILES string of the molecule is Nc1ccc(CCCCCOc2ccc3ccc(=O)oc3c2)c(N)c1. The Balaban J connectivity index is 1.43. The van der Waals surface area contributed by atoms with Crippen molar-refractivity contribution in [2.75, 3.05) is 18.1 Å². The first-order valence-electron chi connectivity index (χ1n) is 8.42. The summed E-state index contributed by atoms with van der Waals surface area (Å²) in [6.07, 6.45) is 3.98. The van der Waals surface area contributed by atoms with E-state index < -0.39 is 0 Å². The molecule has 130 valence electrons. The van der Waals surface area contributed by atoms with Crippen LogP contribution in [0.5, 0.6) is 5.75 Å². The first kappa shape index (κ1) is 16.9. The Morgan fingerprint density at radius 3 is 2.60 bits per heavy atom. The van der Waals surface area contributed by atoms with Gasteiger partial charge in [-0.15, -0.1) is 0 Å². The Kier molecular flexibility index (Phi) is 5.23. The number of ether oxygens (including phenoxy) is 1. The number of aryl methyl sites for hydroxylation is 1. The zero-order valence-electron chi connectivity index (χ0n) is 14.0. The average molecular weight is 338 g/mol. The van der Waals surface area contributed by atoms with Crippen LogP contribution in [0.1, 0.15) is 24.8 Å². The smallest absolute Gasteiger partial charge is 0.336 e. The molecule has 0 saturated heterocycles. The highest BCUT2D eigenvalue weighted by Crippen LogP contribution is 2.20. The van der Waals surface area contributed by atoms with Crippen molar-refractivity contribution in [3.63, 3.8) is 0 Å². The highest BCUT2D eigenvalue weighted by Gasteiger charge is 2.02. The molecule has 25 heavy (non-hydrogen) atoms. The van der Waals surface area contributed by atoms with Gasteiger partial charge < -0.3 is 20.6 Å². The van der Waals surface area contributed by atoms with Crippen molar-refractivity contribution in [2.24, 2.45) is 0 Å². The van der Waals surface area contributed by atoms with Crippen molar-refractivity contribution in [3.8, 4) is 5.75 Å². The van der Waals surface area contributed by atoms with Crippen LogP contribution in [0.4, 0.5) is 11.4 Å². The maximum atomic E-state index is 11.3. The van der Waals surface area contributed by atoms with Gasteiger partial charge >= 0.3 is 5.63 Å². The lowest BCUT2D eigenvalue weighted by atomic mass is 10.0. The van der Waals surface area contributed by atoms with Gasteiger partial charge in [-0.1, -0.05) is 6.07 Å². The first-order valence-corrected chi connectivity index (χ1v) is 8.42. The number of benzene rings is 2. The molecule has 2 aromatic carbocycles. The van der Waals surface area contributed by atoms with E-state index in [1.807, 2.05) is 24.3 Å². The second-order valence-corrected chi connectivity index (χ2v) is 6.07. The third-order valence-electron chi connectivity index (χ3n) is 4.12. The number of nitrogen functional groups attached to an aromatic ring is 2. The molecule has 0 fully saturated rings. The van der Waals surface area contributed by atoms with Gasteiger partial charge in [-0.2, -0.15) is 0 Å². The van der Waals surface area contributed by atoms with E-state index in [4.69, 9.17) is 20.6 Å². The van der Waals surface area contributed by atoms with Gasteiger partial charge in [0.15, 0.2) is 0 Å². The molecule has 0 aliphatic rings. The van der Waals surface area contributed by atoms with Crippen LogP contribution in [0.15, 0.2) is 57.7 Å². The first-order chi connectivity index (χ1) is 12.1. The molecule has 0 aliphatic carbocycles. The fraction of sp³-hybridized carbons (Fsp3) is 0.250. The minimum atomic E-state index is -0.355. The van der Waals surface area contributed by atoms with E-state index in [0.717, 1.165) is 42.3 Å². The van der Waals surface area contributed by atoms with Crippen LogP contribution >= 0.6 is 0 Å². The molecular formula is C20H22N2O3. The van der Waals surface area contributed by atoms with E-state index >= 15 is 0 Å². The maximum Gasteiger partial charge on any atom is 0.336 e. The Hall–Kier alpha value is -2.95. The third kappa shape index (κ3) is 4.53. The normalized spacial score (nSPS) is 10.9. The minimum absolute atomic E-state index is 0.355. The number of hydrogen-bond acceptors (Lipinski definition) is 5. The van der Waals surface area contributed by atoms with Gasteiger partial charge in [-0.05, 0) is 61.6 Å². The van der Waals surface area contributed by atoms with E-state index in [1.54, 1.807) is 18.2 Å². The molecule has 3 aromatic rings. The summed E-state index contributed by atoms with van der Waals surface area (Å²) in [6, 6.07) is 14.4. The molecule has 5 heteroatoms. The van der Waals surface area contributed by atoms with E-state index in [1.165, 1.54) is 6.07 Å². The maximum absolute atomic E-state index is 11.3. The summed E-state index contributed by atoms with van der Waals surface area (Å²) in [5.41, 5.74) is 14.4. The van der Waals surface area contributed by atoms with E-state index in [9.17, 15) is 4.79 Å². The number of unbranched alkanes of at least 4 members (excludes halogenated alkanes) is 2. The van der Waals surface area contributed by atoms with E-state index in [-0.39, 0.29) is 5.63 Å². The molecule has 0 saturated carbocycles. The van der Waals surface area contributed by atoms with Crippen LogP contribution in [0.25, 0.3) is 11.0 Å². The summed E-state index contributed by atoms with van der Waals surface area (Å²) >= 11 is 0. The molecule has 0 amide bonds. The van der Waals surface area contributed by atoms with Crippen LogP contribution in [0.3, 0.4) is 0 Å². The van der Waals surface area contributed by atoms with E-state index in [2.05, 4.69) is 0 Å². The molecule has 0 bridgehead atoms. The standard InChI is InChI=1S/C20H22N2O3/c21-16-8-5-14(18(22)12-16)4-2-1-3-11-24-17-9-6-15-7-10-20(23)25-19(15)13-17/h5-10,12-13H,1-4,11,21-22H2. The number of anilines is 2. The van der Waals surface area contributed by atoms with Gasteiger partial charge in [-0.3, -0.25) is 0 Å². The largest absolute Gasteiger partial charge is 0.493 e. The van der Waals surface area contributed by atoms with Crippen molar-refractivity contribution >= 4 is 22.3 Å². The van der Waals surface area contributed by atoms with Crippen molar-refractivity contribution in [2.45, 2.75) is 25.7 Å². The zero-order chi connectivity index (χ0) is 17.6. The monoisotopic (exact) mass is 338 g/mol. The Morgan fingerprint density at radius 2 is 1.76 bits per heavy atom. The lowest BCUT2D eigenvalue weighted by Crippen LogP contribution is -2.00. The summed E-state index contributed by atoms with van der Waals surface area (Å²) < 4.78 is 10.9. The van der Waals surface area contributed by atoms with Crippen LogP contribution in [-0.2, 0) is 6.42 Å². The average Bonchev–Trinajstić information content (AvgIpc) is 2.59. The molecule has 0 unspecified atom stereocenters. The summed E-state index contributed by atoms with van der Waals surface area (Å²) in [5.74, 6) is 0.713. The molecule has 1 aromatic heterocycles. The quantitative estimate of drug-likeness (QED) is 0.389. The Morgan fingerprint density at radius 1 is 0.920 bits per heavy atom. The molecule has 0 atom stereocenters. The zero-order valence-corrected chi connectivity index (χ0v) is 14.0. The molecule has 0 radical (unpaired) electrons. The predicted molar refractivity (Wildman–Crippen MR) is 101 cm³/mol. The van der Waals surface area contributed by atoms with Gasteiger partial charge in [-0.25, -0.2) is 4.79 Å². The van der Waals surface area contributed by atoms with Crippen LogP contribution in [-0.4, -0.2) is 6.61 Å². The number of fused-ring (bicyclic) bond motifs is 1. The minimum Gasteiger partial charge on any atom is -0.493 e. The molecular weight excluding hydrogens is 316 g/mol. The van der Waals surface area contributed by atoms with Crippen molar-refractivity contribution < 1.29 is 9.15 Å². The highest BCUT2D eigenvalue weighted by atomic mass is 16.5. The molecule has 0 spiro atoms. The van der Waals surface area contributed by atoms with E-state index in [0.29, 0.717) is 23.6 Å². The molecule has 4 N–H and O–H groups in total. The Labute approximate surface area is 146 Å². The topological polar surface area (TPSA) is 91.5 Å². The molecule has 0 aliphatic heterocycles. The second-order valence-electron chi connectivity index (χ2n) is 6.07. The van der Waals surface area contributed by atoms with Crippen molar-refractivity contribution in [1.82, 2.24) is 0 Å². The van der Waals surface area contributed by atoms with Crippen LogP contribution in [0.2, 0.25) is 0 Å². The summed E-state index contributed by atoms with van der Waals surface area (Å²) in [4.78, 5) is 11.3. The number of rotatable bonds is 7. The fourth-order valence-corrected chi connectivity index (χ4v) is 2.76. The lowest BCUT2D eigenvalue weighted by molar-refractivity contribution is 0.305. The van der Waals surface area contributed by atoms with Gasteiger partial charge in [0.1, 0.15) is 11.3 Å². The summed E-state index contributed by atoms with van der Waals surface area (Å²) in [5, 5.41) is 0.882. The van der Waals surface area contributed by atoms with Gasteiger partial charge in [0.05, 0.1) is 6.61 Å². The predicted octanol–water partition coefficient (Wildman–Crippen LogP) is 3.75. The summed E-state index contributed by atoms with van der Waals surface area (Å²) in [6.45, 7) is 0.625. The third-order valence-corrected chi connectivity index (χ3v) is 4.12. The highest BCUT2D eigenvalue weighted by molar-refractivity contribution is 5.77. The van der Waals surface area contributed by atoms with Gasteiger partial charge in [0, 0.05) is 28.9 Å². The number of nitrogens with two attached hydrogens (primary N) is 2. The van der Waals surface area contributed by atoms with Crippen LogP contribution in [0, 0.1) is 0 Å². The van der Waals surface area contributed by atoms with Crippen molar-refractivity contribution in [1.29, 1.82) is 0 Å². The van der Waals surface area contributed by atoms with Gasteiger partial charge in [0.25, 0.3) is 0 Å². The number of hydrogen-bond donors (Lipinski definition) is 2. The Bertz CT molecular complexity index is 918. The lowest BCUT2D eigenvalue weighted by Gasteiger charge is -2.08. The fourth-order valence-electron chi connectivity index (χ4n) is 2.76. The second kappa shape index (κ2) is 7.75. The van der Waals surface area contributed by atoms with Gasteiger partial charge in [0.2, 0.25) is 0 Å². The molecule has 5 nitrogen and oxygen atoms in total. The van der Waals surface area contributed by atoms with Crippen molar-refractivity contribution in [3.05, 3.63) is 64.5 Å². The molecule has 1 heterocycles. The summed E-state index contributed by atoms with van der Waals surface area (Å²) in [7, 11) is 0. The molecule has 3 rings (SSSR count). The van der Waals surface area contributed by atoms with Crippen LogP contribution < -0.4 is 21.8 Å².